The molecule has 0 atom stereocenters. The predicted octanol–water partition coefficient (Wildman–Crippen LogP) is 1.83. The molecule has 3 nitrogen and oxygen atoms in total. The fraction of sp³-hybridized carbons (Fsp3) is 0. The molecule has 15 heavy (non-hydrogen) atoms. The topological polar surface area (TPSA) is 37.4 Å². The summed E-state index contributed by atoms with van der Waals surface area (Å²) < 4.78 is 0. The zero-order valence-corrected chi connectivity index (χ0v) is 8.22. The third-order valence-corrected chi connectivity index (χ3v) is 1.93. The van der Waals surface area contributed by atoms with Gasteiger partial charge in [-0.1, -0.05) is 43.5 Å². The molecule has 76 valence electrons. The van der Waals surface area contributed by atoms with E-state index in [0.717, 1.165) is 11.1 Å². The zero-order valence-electron chi connectivity index (χ0n) is 8.22. The Hall–Kier alpha value is -2.16. The van der Waals surface area contributed by atoms with E-state index in [-0.39, 0.29) is 5.57 Å². The van der Waals surface area contributed by atoms with Crippen molar-refractivity contribution in [2.45, 2.75) is 0 Å². The Morgan fingerprint density at radius 1 is 1.27 bits per heavy atom. The smallest absolute Gasteiger partial charge is 0.264 e. The van der Waals surface area contributed by atoms with Crippen molar-refractivity contribution in [3.8, 4) is 0 Å². The van der Waals surface area contributed by atoms with Gasteiger partial charge in [-0.25, -0.2) is 0 Å². The summed E-state index contributed by atoms with van der Waals surface area (Å²) in [5, 5.41) is 0. The molecule has 0 saturated carbocycles. The average molecular weight is 201 g/mol. The van der Waals surface area contributed by atoms with Gasteiger partial charge >= 0.3 is 0 Å². The normalized spacial score (nSPS) is 9.07. The van der Waals surface area contributed by atoms with Gasteiger partial charge in [0, 0.05) is 11.8 Å². The van der Waals surface area contributed by atoms with Crippen LogP contribution in [0.1, 0.15) is 5.56 Å². The van der Waals surface area contributed by atoms with E-state index in [1.165, 1.54) is 0 Å². The summed E-state index contributed by atoms with van der Waals surface area (Å²) in [4.78, 5) is 23.0. The standard InChI is InChI=1S/C12H11NO2/c1-3-13(9-14)12(15)10(2)11-7-5-4-6-8-11/h3-9H,1-2H2. The van der Waals surface area contributed by atoms with Crippen LogP contribution in [0.2, 0.25) is 0 Å². The van der Waals surface area contributed by atoms with E-state index >= 15 is 0 Å². The molecule has 1 aromatic rings. The first-order chi connectivity index (χ1) is 7.20. The Bertz CT molecular complexity index is 387. The average Bonchev–Trinajstić information content (AvgIpc) is 2.30. The van der Waals surface area contributed by atoms with Gasteiger partial charge < -0.3 is 0 Å². The van der Waals surface area contributed by atoms with E-state index in [2.05, 4.69) is 13.2 Å². The molecule has 0 unspecified atom stereocenters. The predicted molar refractivity (Wildman–Crippen MR) is 58.6 cm³/mol. The Morgan fingerprint density at radius 3 is 2.33 bits per heavy atom. The fourth-order valence-corrected chi connectivity index (χ4v) is 1.09. The van der Waals surface area contributed by atoms with E-state index < -0.39 is 5.91 Å². The Balaban J connectivity index is 2.91. The first-order valence-corrected chi connectivity index (χ1v) is 4.35. The van der Waals surface area contributed by atoms with Crippen molar-refractivity contribution in [1.82, 2.24) is 4.90 Å². The van der Waals surface area contributed by atoms with Gasteiger partial charge in [-0.2, -0.15) is 0 Å². The molecule has 0 saturated heterocycles. The number of rotatable bonds is 4. The zero-order chi connectivity index (χ0) is 11.3. The summed E-state index contributed by atoms with van der Waals surface area (Å²) in [5.41, 5.74) is 0.957. The molecule has 1 rings (SSSR count). The van der Waals surface area contributed by atoms with Crippen LogP contribution in [0, 0.1) is 0 Å². The van der Waals surface area contributed by atoms with E-state index in [0.29, 0.717) is 12.0 Å². The number of amides is 2. The highest BCUT2D eigenvalue weighted by atomic mass is 16.2. The van der Waals surface area contributed by atoms with E-state index in [1.54, 1.807) is 24.3 Å². The van der Waals surface area contributed by atoms with Crippen LogP contribution in [-0.4, -0.2) is 17.2 Å². The molecule has 0 aliphatic rings. The van der Waals surface area contributed by atoms with Gasteiger partial charge in [0.2, 0.25) is 6.41 Å². The summed E-state index contributed by atoms with van der Waals surface area (Å²) in [7, 11) is 0. The van der Waals surface area contributed by atoms with E-state index in [4.69, 9.17) is 0 Å². The van der Waals surface area contributed by atoms with Crippen LogP contribution >= 0.6 is 0 Å². The molecule has 0 aliphatic heterocycles. The molecule has 0 N–H and O–H groups in total. The number of hydrogen-bond acceptors (Lipinski definition) is 2. The van der Waals surface area contributed by atoms with Crippen LogP contribution in [0.4, 0.5) is 0 Å². The van der Waals surface area contributed by atoms with Gasteiger partial charge in [-0.15, -0.1) is 0 Å². The second-order valence-electron chi connectivity index (χ2n) is 2.84. The number of hydrogen-bond donors (Lipinski definition) is 0. The third-order valence-electron chi connectivity index (χ3n) is 1.93. The number of carbonyl (C=O) groups excluding carboxylic acids is 2. The van der Waals surface area contributed by atoms with Crippen LogP contribution in [0.15, 0.2) is 49.7 Å². The van der Waals surface area contributed by atoms with Gasteiger partial charge in [0.15, 0.2) is 0 Å². The SMILES string of the molecule is C=CN(C=O)C(=O)C(=C)c1ccccc1. The minimum absolute atomic E-state index is 0.266. The van der Waals surface area contributed by atoms with Gasteiger partial charge in [-0.3, -0.25) is 14.5 Å². The molecule has 0 aromatic heterocycles. The fourth-order valence-electron chi connectivity index (χ4n) is 1.09. The van der Waals surface area contributed by atoms with Crippen molar-refractivity contribution in [3.63, 3.8) is 0 Å². The lowest BCUT2D eigenvalue weighted by molar-refractivity contribution is -0.130. The first kappa shape index (κ1) is 10.9. The molecular formula is C12H11NO2. The summed E-state index contributed by atoms with van der Waals surface area (Å²) in [6.07, 6.45) is 1.56. The lowest BCUT2D eigenvalue weighted by atomic mass is 10.1. The lowest BCUT2D eigenvalue weighted by Gasteiger charge is -2.11. The summed E-state index contributed by atoms with van der Waals surface area (Å²) >= 11 is 0. The van der Waals surface area contributed by atoms with Gasteiger partial charge in [0.05, 0.1) is 0 Å². The minimum atomic E-state index is -0.466. The molecule has 1 aromatic carbocycles. The van der Waals surface area contributed by atoms with Crippen LogP contribution < -0.4 is 0 Å². The van der Waals surface area contributed by atoms with Crippen LogP contribution in [0.5, 0.6) is 0 Å². The second-order valence-corrected chi connectivity index (χ2v) is 2.84. The number of benzene rings is 1. The maximum atomic E-state index is 11.6. The molecule has 3 heteroatoms. The Morgan fingerprint density at radius 2 is 1.87 bits per heavy atom. The quantitative estimate of drug-likeness (QED) is 0.550. The van der Waals surface area contributed by atoms with Crippen molar-refractivity contribution >= 4 is 17.9 Å². The second kappa shape index (κ2) is 4.91. The lowest BCUT2D eigenvalue weighted by Crippen LogP contribution is -2.24. The van der Waals surface area contributed by atoms with Crippen LogP contribution in [0.3, 0.4) is 0 Å². The van der Waals surface area contributed by atoms with Gasteiger partial charge in [0.1, 0.15) is 0 Å². The van der Waals surface area contributed by atoms with Crippen molar-refractivity contribution in [3.05, 3.63) is 55.3 Å². The molecule has 0 heterocycles. The van der Waals surface area contributed by atoms with Crippen molar-refractivity contribution in [2.24, 2.45) is 0 Å². The Labute approximate surface area is 88.3 Å². The molecule has 0 fully saturated rings. The monoisotopic (exact) mass is 201 g/mol. The Kier molecular flexibility index (Phi) is 3.57. The maximum absolute atomic E-state index is 11.6. The highest BCUT2D eigenvalue weighted by Gasteiger charge is 2.14. The van der Waals surface area contributed by atoms with Crippen molar-refractivity contribution < 1.29 is 9.59 Å². The van der Waals surface area contributed by atoms with Crippen molar-refractivity contribution in [2.75, 3.05) is 0 Å². The molecule has 2 amide bonds. The van der Waals surface area contributed by atoms with Gasteiger partial charge in [0.25, 0.3) is 5.91 Å². The largest absolute Gasteiger partial charge is 0.278 e. The summed E-state index contributed by atoms with van der Waals surface area (Å²) in [6.45, 7) is 7.01. The van der Waals surface area contributed by atoms with Gasteiger partial charge in [-0.05, 0) is 5.56 Å². The molecule has 0 bridgehead atoms. The highest BCUT2D eigenvalue weighted by molar-refractivity contribution is 6.21. The van der Waals surface area contributed by atoms with E-state index in [1.807, 2.05) is 6.07 Å². The molecule has 0 radical (unpaired) electrons. The van der Waals surface area contributed by atoms with E-state index in [9.17, 15) is 9.59 Å². The molecule has 0 aliphatic carbocycles. The molecule has 0 spiro atoms. The summed E-state index contributed by atoms with van der Waals surface area (Å²) in [5.74, 6) is -0.466. The number of carbonyl (C=O) groups is 2. The molecular weight excluding hydrogens is 190 g/mol. The minimum Gasteiger partial charge on any atom is -0.278 e. The van der Waals surface area contributed by atoms with Crippen LogP contribution in [0.25, 0.3) is 5.57 Å². The maximum Gasteiger partial charge on any atom is 0.264 e. The number of nitrogens with zero attached hydrogens (tertiary/aromatic N) is 1. The first-order valence-electron chi connectivity index (χ1n) is 4.35. The number of imide groups is 1. The third kappa shape index (κ3) is 2.40. The highest BCUT2D eigenvalue weighted by Crippen LogP contribution is 2.13. The van der Waals surface area contributed by atoms with Crippen LogP contribution in [-0.2, 0) is 9.59 Å². The van der Waals surface area contributed by atoms with Crippen molar-refractivity contribution in [1.29, 1.82) is 0 Å². The summed E-state index contributed by atoms with van der Waals surface area (Å²) in [6, 6.07) is 8.95.